The molecule has 0 aliphatic heterocycles. The van der Waals surface area contributed by atoms with Gasteiger partial charge >= 0.3 is 0 Å². The molecule has 0 aliphatic carbocycles. The van der Waals surface area contributed by atoms with E-state index >= 15 is 0 Å². The van der Waals surface area contributed by atoms with Gasteiger partial charge in [-0.25, -0.2) is 8.78 Å². The molecule has 16 heavy (non-hydrogen) atoms. The zero-order valence-corrected chi connectivity index (χ0v) is 8.91. The van der Waals surface area contributed by atoms with Crippen molar-refractivity contribution in [2.24, 2.45) is 5.73 Å². The molecule has 0 saturated carbocycles. The molecule has 6 heteroatoms. The molecule has 1 rings (SSSR count). The third-order valence-electron chi connectivity index (χ3n) is 2.44. The first-order valence-corrected chi connectivity index (χ1v) is 4.60. The molecule has 0 heterocycles. The highest BCUT2D eigenvalue weighted by Gasteiger charge is 2.39. The van der Waals surface area contributed by atoms with Crippen molar-refractivity contribution in [3.63, 3.8) is 0 Å². The molecule has 0 fully saturated rings. The SMILES string of the molecule is Cc1cccc([N+](=O)[O-])c1C(C)(N)C(F)F. The van der Waals surface area contributed by atoms with Crippen LogP contribution in [0.25, 0.3) is 0 Å². The Morgan fingerprint density at radius 1 is 1.50 bits per heavy atom. The highest BCUT2D eigenvalue weighted by Crippen LogP contribution is 2.34. The van der Waals surface area contributed by atoms with Gasteiger partial charge in [0.2, 0.25) is 0 Å². The summed E-state index contributed by atoms with van der Waals surface area (Å²) in [5, 5.41) is 10.7. The Bertz CT molecular complexity index is 419. The van der Waals surface area contributed by atoms with Gasteiger partial charge in [-0.15, -0.1) is 0 Å². The average Bonchev–Trinajstić information content (AvgIpc) is 2.16. The van der Waals surface area contributed by atoms with Crippen molar-refractivity contribution in [1.29, 1.82) is 0 Å². The standard InChI is InChI=1S/C10H12F2N2O2/c1-6-4-3-5-7(14(15)16)8(6)10(2,13)9(11)12/h3-5,9H,13H2,1-2H3. The van der Waals surface area contributed by atoms with E-state index in [2.05, 4.69) is 0 Å². The van der Waals surface area contributed by atoms with Crippen LogP contribution in [0.15, 0.2) is 18.2 Å². The molecule has 0 spiro atoms. The molecule has 88 valence electrons. The zero-order valence-electron chi connectivity index (χ0n) is 8.91. The summed E-state index contributed by atoms with van der Waals surface area (Å²) in [5.41, 5.74) is 3.35. The van der Waals surface area contributed by atoms with Gasteiger partial charge in [-0.1, -0.05) is 12.1 Å². The fourth-order valence-corrected chi connectivity index (χ4v) is 1.61. The predicted octanol–water partition coefficient (Wildman–Crippen LogP) is 2.34. The van der Waals surface area contributed by atoms with E-state index in [1.165, 1.54) is 25.1 Å². The summed E-state index contributed by atoms with van der Waals surface area (Å²) in [6.07, 6.45) is -2.87. The summed E-state index contributed by atoms with van der Waals surface area (Å²) >= 11 is 0. The van der Waals surface area contributed by atoms with E-state index in [4.69, 9.17) is 5.73 Å². The van der Waals surface area contributed by atoms with Gasteiger partial charge in [0.15, 0.2) is 0 Å². The maximum Gasteiger partial charge on any atom is 0.274 e. The topological polar surface area (TPSA) is 69.2 Å². The number of nitrogens with zero attached hydrogens (tertiary/aromatic N) is 1. The number of alkyl halides is 2. The average molecular weight is 230 g/mol. The summed E-state index contributed by atoms with van der Waals surface area (Å²) in [5.74, 6) is 0. The molecule has 1 aromatic rings. The number of hydrogen-bond acceptors (Lipinski definition) is 3. The van der Waals surface area contributed by atoms with Gasteiger partial charge in [0.05, 0.1) is 10.5 Å². The lowest BCUT2D eigenvalue weighted by atomic mass is 9.88. The summed E-state index contributed by atoms with van der Waals surface area (Å²) in [6.45, 7) is 2.61. The molecule has 0 saturated heterocycles. The maximum absolute atomic E-state index is 12.8. The predicted molar refractivity (Wildman–Crippen MR) is 55.4 cm³/mol. The number of benzene rings is 1. The Morgan fingerprint density at radius 2 is 2.06 bits per heavy atom. The molecule has 0 bridgehead atoms. The molecule has 1 atom stereocenters. The van der Waals surface area contributed by atoms with Crippen molar-refractivity contribution in [3.8, 4) is 0 Å². The number of hydrogen-bond donors (Lipinski definition) is 1. The quantitative estimate of drug-likeness (QED) is 0.640. The minimum Gasteiger partial charge on any atom is -0.317 e. The molecule has 4 nitrogen and oxygen atoms in total. The Labute approximate surface area is 91.2 Å². The Kier molecular flexibility index (Phi) is 3.23. The summed E-state index contributed by atoms with van der Waals surface area (Å²) in [4.78, 5) is 10.0. The number of nitro groups is 1. The van der Waals surface area contributed by atoms with E-state index in [1.807, 2.05) is 0 Å². The largest absolute Gasteiger partial charge is 0.317 e. The van der Waals surface area contributed by atoms with Gasteiger partial charge < -0.3 is 5.73 Å². The van der Waals surface area contributed by atoms with Crippen LogP contribution in [0.2, 0.25) is 0 Å². The van der Waals surface area contributed by atoms with Gasteiger partial charge in [0, 0.05) is 6.07 Å². The molecule has 0 radical (unpaired) electrons. The number of nitrogens with two attached hydrogens (primary N) is 1. The van der Waals surface area contributed by atoms with Gasteiger partial charge in [0.1, 0.15) is 5.54 Å². The summed E-state index contributed by atoms with van der Waals surface area (Å²) < 4.78 is 25.5. The third-order valence-corrected chi connectivity index (χ3v) is 2.44. The lowest BCUT2D eigenvalue weighted by Gasteiger charge is -2.25. The first-order valence-electron chi connectivity index (χ1n) is 4.60. The number of rotatable bonds is 3. The van der Waals surface area contributed by atoms with Crippen molar-refractivity contribution < 1.29 is 13.7 Å². The molecule has 0 aliphatic rings. The van der Waals surface area contributed by atoms with Crippen LogP contribution >= 0.6 is 0 Å². The van der Waals surface area contributed by atoms with E-state index in [0.29, 0.717) is 5.56 Å². The maximum atomic E-state index is 12.8. The van der Waals surface area contributed by atoms with Gasteiger partial charge in [-0.2, -0.15) is 0 Å². The normalized spacial score (nSPS) is 14.9. The van der Waals surface area contributed by atoms with Crippen molar-refractivity contribution in [1.82, 2.24) is 0 Å². The summed E-state index contributed by atoms with van der Waals surface area (Å²) in [7, 11) is 0. The fraction of sp³-hybridized carbons (Fsp3) is 0.400. The molecule has 0 amide bonds. The van der Waals surface area contributed by atoms with Crippen molar-refractivity contribution >= 4 is 5.69 Å². The molecular formula is C10H12F2N2O2. The summed E-state index contributed by atoms with van der Waals surface area (Å²) in [6, 6.07) is 4.14. The lowest BCUT2D eigenvalue weighted by Crippen LogP contribution is -2.41. The fourth-order valence-electron chi connectivity index (χ4n) is 1.61. The number of aryl methyl sites for hydroxylation is 1. The van der Waals surface area contributed by atoms with Gasteiger partial charge in [-0.3, -0.25) is 10.1 Å². The van der Waals surface area contributed by atoms with Crippen LogP contribution in [0.4, 0.5) is 14.5 Å². The van der Waals surface area contributed by atoms with Gasteiger partial charge in [0.25, 0.3) is 12.1 Å². The zero-order chi connectivity index (χ0) is 12.5. The molecule has 2 N–H and O–H groups in total. The Hall–Kier alpha value is -1.56. The van der Waals surface area contributed by atoms with Crippen LogP contribution in [0, 0.1) is 17.0 Å². The van der Waals surface area contributed by atoms with E-state index in [9.17, 15) is 18.9 Å². The lowest BCUT2D eigenvalue weighted by molar-refractivity contribution is -0.386. The van der Waals surface area contributed by atoms with Crippen molar-refractivity contribution in [2.75, 3.05) is 0 Å². The first kappa shape index (κ1) is 12.5. The molecule has 1 unspecified atom stereocenters. The smallest absolute Gasteiger partial charge is 0.274 e. The second kappa shape index (κ2) is 4.13. The minimum atomic E-state index is -2.87. The highest BCUT2D eigenvalue weighted by molar-refractivity contribution is 5.49. The molecular weight excluding hydrogens is 218 g/mol. The van der Waals surface area contributed by atoms with Crippen LogP contribution in [0.3, 0.4) is 0 Å². The minimum absolute atomic E-state index is 0.116. The van der Waals surface area contributed by atoms with Crippen LogP contribution in [0.5, 0.6) is 0 Å². The van der Waals surface area contributed by atoms with E-state index in [1.54, 1.807) is 0 Å². The van der Waals surface area contributed by atoms with Crippen LogP contribution < -0.4 is 5.73 Å². The van der Waals surface area contributed by atoms with E-state index < -0.39 is 16.9 Å². The molecule has 1 aromatic carbocycles. The second-order valence-corrected chi connectivity index (χ2v) is 3.81. The van der Waals surface area contributed by atoms with Crippen LogP contribution in [-0.4, -0.2) is 11.3 Å². The van der Waals surface area contributed by atoms with E-state index in [0.717, 1.165) is 6.92 Å². The highest BCUT2D eigenvalue weighted by atomic mass is 19.3. The van der Waals surface area contributed by atoms with E-state index in [-0.39, 0.29) is 11.3 Å². The van der Waals surface area contributed by atoms with Crippen molar-refractivity contribution in [3.05, 3.63) is 39.4 Å². The first-order chi connectivity index (χ1) is 7.28. The van der Waals surface area contributed by atoms with Crippen LogP contribution in [0.1, 0.15) is 18.1 Å². The van der Waals surface area contributed by atoms with Crippen LogP contribution in [-0.2, 0) is 5.54 Å². The number of halogens is 2. The van der Waals surface area contributed by atoms with Gasteiger partial charge in [-0.05, 0) is 19.4 Å². The van der Waals surface area contributed by atoms with Crippen molar-refractivity contribution in [2.45, 2.75) is 25.8 Å². The Morgan fingerprint density at radius 3 is 2.50 bits per heavy atom. The third kappa shape index (κ3) is 2.01. The second-order valence-electron chi connectivity index (χ2n) is 3.81. The molecule has 0 aromatic heterocycles. The monoisotopic (exact) mass is 230 g/mol. The number of nitro benzene ring substituents is 1. The Balaban J connectivity index is 3.48.